The maximum absolute atomic E-state index is 13.0. The van der Waals surface area contributed by atoms with Crippen molar-refractivity contribution in [3.8, 4) is 0 Å². The van der Waals surface area contributed by atoms with Crippen LogP contribution in [0.4, 0.5) is 5.69 Å². The zero-order valence-corrected chi connectivity index (χ0v) is 19.9. The van der Waals surface area contributed by atoms with E-state index >= 15 is 0 Å². The Balaban J connectivity index is 1.63. The summed E-state index contributed by atoms with van der Waals surface area (Å²) >= 11 is 0. The van der Waals surface area contributed by atoms with Gasteiger partial charge in [-0.15, -0.1) is 0 Å². The lowest BCUT2D eigenvalue weighted by Crippen LogP contribution is -2.42. The van der Waals surface area contributed by atoms with Crippen LogP contribution in [-0.4, -0.2) is 56.1 Å². The van der Waals surface area contributed by atoms with Gasteiger partial charge in [0.1, 0.15) is 0 Å². The Hall–Kier alpha value is -2.71. The fourth-order valence-electron chi connectivity index (χ4n) is 4.07. The smallest absolute Gasteiger partial charge is 0.254 e. The average Bonchev–Trinajstić information content (AvgIpc) is 2.74. The van der Waals surface area contributed by atoms with E-state index in [0.717, 1.165) is 12.0 Å². The van der Waals surface area contributed by atoms with Crippen LogP contribution in [-0.2, 0) is 14.8 Å². The third-order valence-electron chi connectivity index (χ3n) is 5.64. The number of sulfonamides is 1. The van der Waals surface area contributed by atoms with Crippen LogP contribution in [0.1, 0.15) is 36.2 Å². The Labute approximate surface area is 190 Å². The van der Waals surface area contributed by atoms with Gasteiger partial charge in [-0.25, -0.2) is 8.42 Å². The second-order valence-electron chi connectivity index (χ2n) is 8.87. The quantitative estimate of drug-likeness (QED) is 0.721. The minimum atomic E-state index is -3.60. The van der Waals surface area contributed by atoms with Crippen LogP contribution in [0.3, 0.4) is 0 Å². The van der Waals surface area contributed by atoms with Crippen LogP contribution < -0.4 is 5.32 Å². The van der Waals surface area contributed by atoms with Gasteiger partial charge in [0.25, 0.3) is 5.91 Å². The number of rotatable bonds is 6. The molecule has 1 N–H and O–H groups in total. The molecule has 2 amide bonds. The van der Waals surface area contributed by atoms with Crippen molar-refractivity contribution in [3.05, 3.63) is 59.7 Å². The summed E-state index contributed by atoms with van der Waals surface area (Å²) < 4.78 is 27.6. The van der Waals surface area contributed by atoms with E-state index in [9.17, 15) is 18.0 Å². The summed E-state index contributed by atoms with van der Waals surface area (Å²) in [6, 6.07) is 13.3. The number of nitrogens with zero attached hydrogens (tertiary/aromatic N) is 2. The molecule has 0 aliphatic carbocycles. The molecule has 2 atom stereocenters. The molecule has 1 aliphatic heterocycles. The first kappa shape index (κ1) is 23.9. The third kappa shape index (κ3) is 5.75. The van der Waals surface area contributed by atoms with Crippen molar-refractivity contribution in [2.24, 2.45) is 11.8 Å². The SMILES string of the molecule is Cc1ccc(NC(=O)CN(C)C(=O)c2ccc(S(=O)(=O)N3C[C@H](C)C[C@H](C)C3)cc2)cc1. The first-order valence-corrected chi connectivity index (χ1v) is 12.2. The first-order valence-electron chi connectivity index (χ1n) is 10.8. The summed E-state index contributed by atoms with van der Waals surface area (Å²) in [7, 11) is -2.06. The van der Waals surface area contributed by atoms with Crippen molar-refractivity contribution in [2.45, 2.75) is 32.1 Å². The molecule has 8 heteroatoms. The van der Waals surface area contributed by atoms with E-state index in [0.29, 0.717) is 36.2 Å². The van der Waals surface area contributed by atoms with Gasteiger partial charge in [-0.1, -0.05) is 31.5 Å². The van der Waals surface area contributed by atoms with Crippen molar-refractivity contribution in [2.75, 3.05) is 32.0 Å². The molecule has 0 aromatic heterocycles. The van der Waals surface area contributed by atoms with E-state index in [1.165, 1.54) is 40.5 Å². The van der Waals surface area contributed by atoms with Crippen LogP contribution in [0, 0.1) is 18.8 Å². The molecule has 1 saturated heterocycles. The second kappa shape index (κ2) is 9.83. The van der Waals surface area contributed by atoms with E-state index in [1.54, 1.807) is 12.1 Å². The van der Waals surface area contributed by atoms with Crippen LogP contribution in [0.2, 0.25) is 0 Å². The van der Waals surface area contributed by atoms with E-state index < -0.39 is 10.0 Å². The first-order chi connectivity index (χ1) is 15.1. The molecule has 0 radical (unpaired) electrons. The summed E-state index contributed by atoms with van der Waals surface area (Å²) in [5, 5.41) is 2.76. The summed E-state index contributed by atoms with van der Waals surface area (Å²) in [4.78, 5) is 26.5. The van der Waals surface area contributed by atoms with Crippen LogP contribution >= 0.6 is 0 Å². The minimum Gasteiger partial charge on any atom is -0.332 e. The van der Waals surface area contributed by atoms with Gasteiger partial charge in [0.05, 0.1) is 11.4 Å². The molecule has 0 bridgehead atoms. The highest BCUT2D eigenvalue weighted by Gasteiger charge is 2.31. The van der Waals surface area contributed by atoms with Crippen LogP contribution in [0.15, 0.2) is 53.4 Å². The zero-order chi connectivity index (χ0) is 23.5. The maximum Gasteiger partial charge on any atom is 0.254 e. The number of benzene rings is 2. The van der Waals surface area contributed by atoms with E-state index in [1.807, 2.05) is 19.1 Å². The van der Waals surface area contributed by atoms with Crippen LogP contribution in [0.5, 0.6) is 0 Å². The Kier molecular flexibility index (Phi) is 7.36. The molecular formula is C24H31N3O4S. The molecule has 2 aromatic rings. The van der Waals surface area contributed by atoms with Crippen molar-refractivity contribution in [1.29, 1.82) is 0 Å². The van der Waals surface area contributed by atoms with Gasteiger partial charge in [0.15, 0.2) is 0 Å². The topological polar surface area (TPSA) is 86.8 Å². The summed E-state index contributed by atoms with van der Waals surface area (Å²) in [5.74, 6) is -0.0337. The summed E-state index contributed by atoms with van der Waals surface area (Å²) in [5.41, 5.74) is 2.08. The normalized spacial score (nSPS) is 19.4. The monoisotopic (exact) mass is 457 g/mol. The standard InChI is InChI=1S/C24H31N3O4S/c1-17-5-9-21(10-6-17)25-23(28)16-26(4)24(29)20-7-11-22(12-8-20)32(30,31)27-14-18(2)13-19(3)15-27/h5-12,18-19H,13-16H2,1-4H3,(H,25,28)/t18-,19+. The van der Waals surface area contributed by atoms with Crippen molar-refractivity contribution >= 4 is 27.5 Å². The summed E-state index contributed by atoms with van der Waals surface area (Å²) in [6.45, 7) is 6.98. The van der Waals surface area contributed by atoms with E-state index in [-0.39, 0.29) is 23.3 Å². The molecule has 2 aromatic carbocycles. The number of amides is 2. The maximum atomic E-state index is 13.0. The van der Waals surface area contributed by atoms with Gasteiger partial charge in [0.2, 0.25) is 15.9 Å². The molecule has 172 valence electrons. The zero-order valence-electron chi connectivity index (χ0n) is 19.0. The molecule has 0 saturated carbocycles. The molecule has 0 spiro atoms. The van der Waals surface area contributed by atoms with Gasteiger partial charge < -0.3 is 10.2 Å². The number of aryl methyl sites for hydroxylation is 1. The highest BCUT2D eigenvalue weighted by molar-refractivity contribution is 7.89. The van der Waals surface area contributed by atoms with Crippen molar-refractivity contribution < 1.29 is 18.0 Å². The number of nitrogens with one attached hydrogen (secondary N) is 1. The molecule has 1 aliphatic rings. The molecule has 1 fully saturated rings. The fraction of sp³-hybridized carbons (Fsp3) is 0.417. The van der Waals surface area contributed by atoms with Gasteiger partial charge in [-0.05, 0) is 61.6 Å². The molecule has 1 heterocycles. The Morgan fingerprint density at radius 2 is 1.56 bits per heavy atom. The number of anilines is 1. The minimum absolute atomic E-state index is 0.115. The molecule has 3 rings (SSSR count). The number of likely N-dealkylation sites (N-methyl/N-ethyl adjacent to an activating group) is 1. The number of carbonyl (C=O) groups is 2. The number of piperidine rings is 1. The number of hydrogen-bond acceptors (Lipinski definition) is 4. The Bertz CT molecular complexity index is 1060. The largest absolute Gasteiger partial charge is 0.332 e. The van der Waals surface area contributed by atoms with Crippen molar-refractivity contribution in [1.82, 2.24) is 9.21 Å². The highest BCUT2D eigenvalue weighted by Crippen LogP contribution is 2.26. The molecule has 7 nitrogen and oxygen atoms in total. The van der Waals surface area contributed by atoms with Gasteiger partial charge >= 0.3 is 0 Å². The van der Waals surface area contributed by atoms with E-state index in [2.05, 4.69) is 19.2 Å². The predicted molar refractivity (Wildman–Crippen MR) is 125 cm³/mol. The lowest BCUT2D eigenvalue weighted by atomic mass is 9.94. The lowest BCUT2D eigenvalue weighted by Gasteiger charge is -2.34. The fourth-order valence-corrected chi connectivity index (χ4v) is 5.75. The predicted octanol–water partition coefficient (Wildman–Crippen LogP) is 3.37. The van der Waals surface area contributed by atoms with Crippen LogP contribution in [0.25, 0.3) is 0 Å². The number of hydrogen-bond donors (Lipinski definition) is 1. The second-order valence-corrected chi connectivity index (χ2v) is 10.8. The number of carbonyl (C=O) groups excluding carboxylic acids is 2. The highest BCUT2D eigenvalue weighted by atomic mass is 32.2. The summed E-state index contributed by atoms with van der Waals surface area (Å²) in [6.07, 6.45) is 1.02. The molecule has 0 unspecified atom stereocenters. The third-order valence-corrected chi connectivity index (χ3v) is 7.48. The molecular weight excluding hydrogens is 426 g/mol. The lowest BCUT2D eigenvalue weighted by molar-refractivity contribution is -0.116. The Morgan fingerprint density at radius 3 is 2.12 bits per heavy atom. The van der Waals surface area contributed by atoms with E-state index in [4.69, 9.17) is 0 Å². The molecule has 32 heavy (non-hydrogen) atoms. The van der Waals surface area contributed by atoms with Gasteiger partial charge in [0, 0.05) is 31.4 Å². The van der Waals surface area contributed by atoms with Crippen molar-refractivity contribution in [3.63, 3.8) is 0 Å². The average molecular weight is 458 g/mol. The van der Waals surface area contributed by atoms with Gasteiger partial charge in [-0.2, -0.15) is 4.31 Å². The van der Waals surface area contributed by atoms with Gasteiger partial charge in [-0.3, -0.25) is 9.59 Å². The Morgan fingerprint density at radius 1 is 1.00 bits per heavy atom.